The van der Waals surface area contributed by atoms with Crippen molar-refractivity contribution < 1.29 is 9.31 Å². The number of benzene rings is 11. The third-order valence-electron chi connectivity index (χ3n) is 17.1. The van der Waals surface area contributed by atoms with E-state index >= 15 is 0 Å². The quantitative estimate of drug-likeness (QED) is 0.164. The molecule has 0 amide bonds. The average Bonchev–Trinajstić information content (AvgIpc) is 4.02. The molecular formula is C66H37B3N4O2S2. The minimum absolute atomic E-state index is 0.0505. The fraction of sp³-hybridized carbons (Fsp3) is 0. The molecule has 0 N–H and O–H groups in total. The van der Waals surface area contributed by atoms with Crippen molar-refractivity contribution in [3.05, 3.63) is 224 Å². The van der Waals surface area contributed by atoms with E-state index < -0.39 is 14.1 Å². The lowest BCUT2D eigenvalue weighted by atomic mass is 9.55. The minimum atomic E-state index is -0.461. The lowest BCUT2D eigenvalue weighted by molar-refractivity contribution is 0.576. The van der Waals surface area contributed by atoms with Gasteiger partial charge in [0.2, 0.25) is 0 Å². The third kappa shape index (κ3) is 5.24. The molecule has 0 atom stereocenters. The Morgan fingerprint density at radius 3 is 1.09 bits per heavy atom. The van der Waals surface area contributed by atoms with Crippen molar-refractivity contribution in [3.8, 4) is 67.4 Å². The molecule has 354 valence electrons. The Bertz CT molecular complexity index is 4420. The van der Waals surface area contributed by atoms with E-state index in [0.717, 1.165) is 45.4 Å². The molecule has 13 aromatic rings. The van der Waals surface area contributed by atoms with Gasteiger partial charge in [-0.05, 0) is 107 Å². The Hall–Kier alpha value is -8.89. The SMILES string of the molecule is c1ccc(N2B3Oc4ccccc4-c4cc(-n5c6ccccc6c6ccccc65)c5c(c43)-c3c2cc2c4c3B(S5)Sc3c(-n5c6ccccc6c6ccccc65)cc5c(c3-4)B(Oc3ccccc3-5)N2c2ccccc2)cc1. The summed E-state index contributed by atoms with van der Waals surface area (Å²) in [6.07, 6.45) is 0. The van der Waals surface area contributed by atoms with Crippen LogP contribution in [-0.2, 0) is 0 Å². The number of anilines is 4. The number of aromatic nitrogens is 2. The van der Waals surface area contributed by atoms with Crippen molar-refractivity contribution in [1.82, 2.24) is 9.13 Å². The highest BCUT2D eigenvalue weighted by Crippen LogP contribution is 2.62. The highest BCUT2D eigenvalue weighted by Gasteiger charge is 2.56. The van der Waals surface area contributed by atoms with Gasteiger partial charge in [-0.2, -0.15) is 23.2 Å². The molecule has 0 fully saturated rings. The first-order valence-corrected chi connectivity index (χ1v) is 28.2. The molecule has 6 aliphatic rings. The summed E-state index contributed by atoms with van der Waals surface area (Å²) >= 11 is 4.04. The predicted octanol–water partition coefficient (Wildman–Crippen LogP) is 14.9. The van der Waals surface area contributed by atoms with Gasteiger partial charge in [-0.25, -0.2) is 0 Å². The highest BCUT2D eigenvalue weighted by molar-refractivity contribution is 8.56. The van der Waals surface area contributed by atoms with Crippen molar-refractivity contribution in [2.24, 2.45) is 0 Å². The molecule has 0 unspecified atom stereocenters. The number of fused-ring (bicyclic) bond motifs is 10. The van der Waals surface area contributed by atoms with Crippen molar-refractivity contribution >= 4 is 125 Å². The summed E-state index contributed by atoms with van der Waals surface area (Å²) in [5.41, 5.74) is 25.1. The van der Waals surface area contributed by atoms with Crippen LogP contribution < -0.4 is 35.3 Å². The fourth-order valence-corrected chi connectivity index (χ4v) is 17.3. The van der Waals surface area contributed by atoms with Crippen molar-refractivity contribution in [2.45, 2.75) is 9.79 Å². The van der Waals surface area contributed by atoms with E-state index in [1.807, 2.05) is 23.2 Å². The van der Waals surface area contributed by atoms with E-state index in [0.29, 0.717) is 0 Å². The molecule has 11 heteroatoms. The molecule has 0 radical (unpaired) electrons. The van der Waals surface area contributed by atoms with Crippen molar-refractivity contribution in [1.29, 1.82) is 0 Å². The lowest BCUT2D eigenvalue weighted by Gasteiger charge is -2.49. The van der Waals surface area contributed by atoms with Crippen LogP contribution in [0.2, 0.25) is 0 Å². The van der Waals surface area contributed by atoms with Gasteiger partial charge in [0.15, 0.2) is 0 Å². The molecule has 8 heterocycles. The molecule has 0 aliphatic carbocycles. The van der Waals surface area contributed by atoms with Crippen molar-refractivity contribution in [3.63, 3.8) is 0 Å². The van der Waals surface area contributed by atoms with Gasteiger partial charge in [-0.15, -0.1) is 0 Å². The number of hydrogen-bond acceptors (Lipinski definition) is 6. The van der Waals surface area contributed by atoms with E-state index in [9.17, 15) is 0 Å². The molecule has 0 saturated carbocycles. The first kappa shape index (κ1) is 41.4. The first-order valence-electron chi connectivity index (χ1n) is 26.4. The van der Waals surface area contributed by atoms with E-state index in [1.165, 1.54) is 115 Å². The van der Waals surface area contributed by atoms with E-state index in [1.54, 1.807) is 0 Å². The van der Waals surface area contributed by atoms with Gasteiger partial charge in [0.05, 0.1) is 33.4 Å². The number of rotatable bonds is 4. The highest BCUT2D eigenvalue weighted by atomic mass is 32.2. The maximum atomic E-state index is 7.50. The summed E-state index contributed by atoms with van der Waals surface area (Å²) in [5.74, 6) is 1.75. The summed E-state index contributed by atoms with van der Waals surface area (Å²) < 4.78 is 20.1. The first-order chi connectivity index (χ1) is 38.2. The zero-order chi connectivity index (χ0) is 49.8. The van der Waals surface area contributed by atoms with Crippen LogP contribution in [0.15, 0.2) is 234 Å². The van der Waals surface area contributed by atoms with Crippen LogP contribution in [0.5, 0.6) is 11.5 Å². The summed E-state index contributed by atoms with van der Waals surface area (Å²) in [6, 6.07) is 82.5. The predicted molar refractivity (Wildman–Crippen MR) is 323 cm³/mol. The third-order valence-corrected chi connectivity index (χ3v) is 19.9. The Kier molecular flexibility index (Phi) is 8.03. The Balaban J connectivity index is 1.01. The summed E-state index contributed by atoms with van der Waals surface area (Å²) in [7, 11) is -0.922. The molecule has 11 aromatic carbocycles. The molecule has 0 saturated heterocycles. The second-order valence-corrected chi connectivity index (χ2v) is 23.4. The summed E-state index contributed by atoms with van der Waals surface area (Å²) in [5, 5.41) is 4.93. The van der Waals surface area contributed by atoms with Gasteiger partial charge in [0.1, 0.15) is 11.5 Å². The van der Waals surface area contributed by atoms with E-state index in [-0.39, 0.29) is 5.27 Å². The fourth-order valence-electron chi connectivity index (χ4n) is 14.2. The summed E-state index contributed by atoms with van der Waals surface area (Å²) in [6.45, 7) is 0. The van der Waals surface area contributed by atoms with Crippen LogP contribution >= 0.6 is 23.2 Å². The van der Waals surface area contributed by atoms with Crippen molar-refractivity contribution in [2.75, 3.05) is 9.62 Å². The molecular weight excluding hydrogens is 977 g/mol. The maximum absolute atomic E-state index is 7.50. The van der Waals surface area contributed by atoms with Crippen LogP contribution in [-0.4, -0.2) is 28.5 Å². The number of para-hydroxylation sites is 8. The van der Waals surface area contributed by atoms with E-state index in [2.05, 4.69) is 243 Å². The maximum Gasteiger partial charge on any atom is 0.525 e. The number of hydrogen-bond donors (Lipinski definition) is 0. The van der Waals surface area contributed by atoms with Gasteiger partial charge in [-0.1, -0.05) is 146 Å². The molecule has 0 bridgehead atoms. The Morgan fingerprint density at radius 2 is 0.675 bits per heavy atom. The van der Waals surface area contributed by atoms with Gasteiger partial charge in [-0.3, -0.25) is 0 Å². The van der Waals surface area contributed by atoms with Gasteiger partial charge in [0, 0.05) is 87.3 Å². The minimum Gasteiger partial charge on any atom is -0.537 e. The monoisotopic (exact) mass is 1010 g/mol. The molecule has 6 nitrogen and oxygen atoms in total. The Labute approximate surface area is 452 Å². The van der Waals surface area contributed by atoms with Gasteiger partial charge >= 0.3 is 19.4 Å². The smallest absolute Gasteiger partial charge is 0.525 e. The zero-order valence-corrected chi connectivity index (χ0v) is 42.6. The summed E-state index contributed by atoms with van der Waals surface area (Å²) in [4.78, 5) is 7.54. The zero-order valence-electron chi connectivity index (χ0n) is 41.0. The van der Waals surface area contributed by atoms with Crippen LogP contribution in [0.1, 0.15) is 0 Å². The molecule has 0 spiro atoms. The molecule has 77 heavy (non-hydrogen) atoms. The number of nitrogens with zero attached hydrogens (tertiary/aromatic N) is 4. The van der Waals surface area contributed by atoms with Crippen LogP contribution in [0.25, 0.3) is 99.5 Å². The van der Waals surface area contributed by atoms with Gasteiger partial charge in [0.25, 0.3) is 0 Å². The molecule has 2 aromatic heterocycles. The lowest BCUT2D eigenvalue weighted by Crippen LogP contribution is -2.60. The molecule has 19 rings (SSSR count). The standard InChI is InChI=1S/C66H37B3N4O2S2/c1-3-19-38(20-4-1)72-52-37-53-59-61-63-47(45-28-12-18-34-57(45)75-68(63)73(53)39-21-5-2-6-22-39)36-55(71-50-31-15-9-25-42(50)43-26-10-16-32-51(43)71)66(61)77-69-64(59)58(52)60-62-46(44-27-11-17-33-56(44)74-67(62)72)35-54(65(60)76-69)70-48-29-13-7-23-40(48)41-24-8-14-30-49(41)70/h1-37H. The average molecular weight is 1010 g/mol. The van der Waals surface area contributed by atoms with E-state index in [4.69, 9.17) is 9.31 Å². The van der Waals surface area contributed by atoms with Crippen LogP contribution in [0, 0.1) is 0 Å². The topological polar surface area (TPSA) is 34.8 Å². The second-order valence-electron chi connectivity index (χ2n) is 20.9. The normalized spacial score (nSPS) is 14.5. The second kappa shape index (κ2) is 14.9. The Morgan fingerprint density at radius 1 is 0.312 bits per heavy atom. The van der Waals surface area contributed by atoms with Crippen LogP contribution in [0.3, 0.4) is 0 Å². The van der Waals surface area contributed by atoms with Gasteiger partial charge < -0.3 is 28.1 Å². The van der Waals surface area contributed by atoms with Crippen LogP contribution in [0.4, 0.5) is 22.7 Å². The molecule has 6 aliphatic heterocycles. The largest absolute Gasteiger partial charge is 0.537 e.